The number of rotatable bonds is 1. The molecule has 0 bridgehead atoms. The average Bonchev–Trinajstić information content (AvgIpc) is 2.16. The zero-order valence-electron chi connectivity index (χ0n) is 7.59. The molecule has 0 atom stereocenters. The maximum Gasteiger partial charge on any atom is 0.189 e. The molecule has 1 fully saturated rings. The fourth-order valence-corrected chi connectivity index (χ4v) is 1.26. The third-order valence-corrected chi connectivity index (χ3v) is 2.10. The molecule has 0 aromatic carbocycles. The number of hydrogen-bond acceptors (Lipinski definition) is 5. The van der Waals surface area contributed by atoms with Gasteiger partial charge in [0, 0.05) is 26.2 Å². The van der Waals surface area contributed by atoms with Crippen LogP contribution in [0.1, 0.15) is 0 Å². The molecule has 0 amide bonds. The van der Waals surface area contributed by atoms with Gasteiger partial charge in [-0.05, 0) is 7.05 Å². The Bertz CT molecular complexity index is 209. The van der Waals surface area contributed by atoms with Crippen LogP contribution in [0.4, 0.5) is 0 Å². The molecule has 6 nitrogen and oxygen atoms in total. The lowest BCUT2D eigenvalue weighted by Gasteiger charge is -2.32. The van der Waals surface area contributed by atoms with Crippen LogP contribution in [0.3, 0.4) is 0 Å². The summed E-state index contributed by atoms with van der Waals surface area (Å²) in [5, 5.41) is 22.8. The number of nitrogens with zero attached hydrogens (tertiary/aromatic N) is 4. The summed E-state index contributed by atoms with van der Waals surface area (Å²) in [6.45, 7) is 3.39. The molecule has 1 saturated heterocycles. The van der Waals surface area contributed by atoms with Gasteiger partial charge in [0.1, 0.15) is 6.21 Å². The third kappa shape index (κ3) is 2.59. The standard InChI is InChI=1S/C7H14N4O2/c1-10-2-4-11(5-3-10)7(9-13)6-8-12/h6,12-13H,2-5H2,1H3/b8-6+,9-7+. The van der Waals surface area contributed by atoms with Crippen molar-refractivity contribution in [3.05, 3.63) is 0 Å². The van der Waals surface area contributed by atoms with Gasteiger partial charge in [-0.15, -0.1) is 0 Å². The maximum absolute atomic E-state index is 8.61. The first-order valence-corrected chi connectivity index (χ1v) is 4.11. The van der Waals surface area contributed by atoms with E-state index in [0.717, 1.165) is 32.4 Å². The summed E-state index contributed by atoms with van der Waals surface area (Å²) in [4.78, 5) is 4.04. The number of oxime groups is 2. The van der Waals surface area contributed by atoms with Crippen LogP contribution in [-0.4, -0.2) is 65.5 Å². The molecule has 1 aliphatic rings. The molecule has 0 spiro atoms. The Kier molecular flexibility index (Phi) is 3.51. The van der Waals surface area contributed by atoms with Gasteiger partial charge in [0.2, 0.25) is 0 Å². The number of amidine groups is 1. The van der Waals surface area contributed by atoms with Gasteiger partial charge in [-0.1, -0.05) is 10.3 Å². The van der Waals surface area contributed by atoms with E-state index in [0.29, 0.717) is 5.84 Å². The first-order chi connectivity index (χ1) is 6.27. The van der Waals surface area contributed by atoms with Crippen molar-refractivity contribution in [2.24, 2.45) is 10.3 Å². The first-order valence-electron chi connectivity index (χ1n) is 4.11. The molecule has 13 heavy (non-hydrogen) atoms. The second kappa shape index (κ2) is 4.66. The Hall–Kier alpha value is -1.30. The van der Waals surface area contributed by atoms with Crippen molar-refractivity contribution < 1.29 is 10.4 Å². The zero-order valence-corrected chi connectivity index (χ0v) is 7.59. The van der Waals surface area contributed by atoms with Crippen molar-refractivity contribution >= 4 is 12.1 Å². The van der Waals surface area contributed by atoms with Gasteiger partial charge in [-0.3, -0.25) is 0 Å². The van der Waals surface area contributed by atoms with Crippen LogP contribution in [0.15, 0.2) is 10.3 Å². The summed E-state index contributed by atoms with van der Waals surface area (Å²) < 4.78 is 0. The molecule has 0 unspecified atom stereocenters. The maximum atomic E-state index is 8.61. The molecule has 2 N–H and O–H groups in total. The lowest BCUT2D eigenvalue weighted by molar-refractivity contribution is 0.209. The van der Waals surface area contributed by atoms with Crippen molar-refractivity contribution in [1.82, 2.24) is 9.80 Å². The minimum absolute atomic E-state index is 0.301. The first kappa shape index (κ1) is 9.79. The van der Waals surface area contributed by atoms with Crippen LogP contribution in [0.5, 0.6) is 0 Å². The molecule has 1 rings (SSSR count). The van der Waals surface area contributed by atoms with E-state index >= 15 is 0 Å². The van der Waals surface area contributed by atoms with E-state index in [9.17, 15) is 0 Å². The van der Waals surface area contributed by atoms with Gasteiger partial charge in [0.25, 0.3) is 0 Å². The quantitative estimate of drug-likeness (QED) is 0.250. The van der Waals surface area contributed by atoms with Crippen LogP contribution >= 0.6 is 0 Å². The highest BCUT2D eigenvalue weighted by atomic mass is 16.4. The van der Waals surface area contributed by atoms with Crippen molar-refractivity contribution in [3.63, 3.8) is 0 Å². The van der Waals surface area contributed by atoms with Crippen molar-refractivity contribution in [2.75, 3.05) is 33.2 Å². The molecule has 6 heteroatoms. The minimum atomic E-state index is 0.301. The van der Waals surface area contributed by atoms with E-state index in [2.05, 4.69) is 15.2 Å². The van der Waals surface area contributed by atoms with Gasteiger partial charge < -0.3 is 20.2 Å². The topological polar surface area (TPSA) is 71.7 Å². The summed E-state index contributed by atoms with van der Waals surface area (Å²) in [6, 6.07) is 0. The molecular formula is C7H14N4O2. The summed E-state index contributed by atoms with van der Waals surface area (Å²) in [5.41, 5.74) is 0. The Morgan fingerprint density at radius 3 is 2.31 bits per heavy atom. The van der Waals surface area contributed by atoms with Crippen LogP contribution in [0.2, 0.25) is 0 Å². The van der Waals surface area contributed by atoms with Gasteiger partial charge in [0.05, 0.1) is 0 Å². The van der Waals surface area contributed by atoms with Gasteiger partial charge in [-0.2, -0.15) is 0 Å². The molecule has 0 aromatic rings. The van der Waals surface area contributed by atoms with Gasteiger partial charge >= 0.3 is 0 Å². The minimum Gasteiger partial charge on any atom is -0.411 e. The van der Waals surface area contributed by atoms with E-state index in [1.165, 1.54) is 0 Å². The van der Waals surface area contributed by atoms with E-state index in [4.69, 9.17) is 10.4 Å². The second-order valence-electron chi connectivity index (χ2n) is 2.99. The molecule has 0 aliphatic carbocycles. The Labute approximate surface area is 76.7 Å². The predicted molar refractivity (Wildman–Crippen MR) is 48.6 cm³/mol. The van der Waals surface area contributed by atoms with Crippen LogP contribution in [-0.2, 0) is 0 Å². The number of hydrogen-bond donors (Lipinski definition) is 2. The van der Waals surface area contributed by atoms with Crippen molar-refractivity contribution in [3.8, 4) is 0 Å². The average molecular weight is 186 g/mol. The SMILES string of the molecule is CN1CCN(C(/C=N/O)=N/O)CC1. The Morgan fingerprint density at radius 1 is 1.23 bits per heavy atom. The highest BCUT2D eigenvalue weighted by Crippen LogP contribution is 1.99. The van der Waals surface area contributed by atoms with Crippen LogP contribution in [0.25, 0.3) is 0 Å². The lowest BCUT2D eigenvalue weighted by Crippen LogP contribution is -2.47. The van der Waals surface area contributed by atoms with Crippen LogP contribution in [0, 0.1) is 0 Å². The third-order valence-electron chi connectivity index (χ3n) is 2.10. The summed E-state index contributed by atoms with van der Waals surface area (Å²) in [5.74, 6) is 0.301. The number of piperazine rings is 1. The van der Waals surface area contributed by atoms with E-state index in [1.54, 1.807) is 0 Å². The molecular weight excluding hydrogens is 172 g/mol. The largest absolute Gasteiger partial charge is 0.411 e. The van der Waals surface area contributed by atoms with Crippen molar-refractivity contribution in [2.45, 2.75) is 0 Å². The number of likely N-dealkylation sites (N-methyl/N-ethyl adjacent to an activating group) is 1. The van der Waals surface area contributed by atoms with Gasteiger partial charge in [-0.25, -0.2) is 0 Å². The molecule has 74 valence electrons. The fraction of sp³-hybridized carbons (Fsp3) is 0.714. The summed E-state index contributed by atoms with van der Waals surface area (Å²) in [6.07, 6.45) is 1.13. The molecule has 0 saturated carbocycles. The van der Waals surface area contributed by atoms with E-state index in [-0.39, 0.29) is 0 Å². The summed E-state index contributed by atoms with van der Waals surface area (Å²) in [7, 11) is 2.03. The van der Waals surface area contributed by atoms with Crippen LogP contribution < -0.4 is 0 Å². The fourth-order valence-electron chi connectivity index (χ4n) is 1.26. The Morgan fingerprint density at radius 2 is 1.85 bits per heavy atom. The van der Waals surface area contributed by atoms with Crippen molar-refractivity contribution in [1.29, 1.82) is 0 Å². The molecule has 0 radical (unpaired) electrons. The second-order valence-corrected chi connectivity index (χ2v) is 2.99. The smallest absolute Gasteiger partial charge is 0.189 e. The van der Waals surface area contributed by atoms with E-state index in [1.807, 2.05) is 11.9 Å². The normalized spacial score (nSPS) is 21.3. The van der Waals surface area contributed by atoms with Gasteiger partial charge in [0.15, 0.2) is 5.84 Å². The molecule has 0 aromatic heterocycles. The van der Waals surface area contributed by atoms with E-state index < -0.39 is 0 Å². The lowest BCUT2D eigenvalue weighted by atomic mass is 10.3. The summed E-state index contributed by atoms with van der Waals surface area (Å²) >= 11 is 0. The predicted octanol–water partition coefficient (Wildman–Crippen LogP) is -0.518. The highest BCUT2D eigenvalue weighted by molar-refractivity contribution is 6.28. The molecule has 1 aliphatic heterocycles. The molecule has 1 heterocycles. The zero-order chi connectivity index (χ0) is 9.68. The monoisotopic (exact) mass is 186 g/mol. The Balaban J connectivity index is 2.52. The highest BCUT2D eigenvalue weighted by Gasteiger charge is 2.16.